The molecule has 2 amide bonds. The fraction of sp³-hybridized carbons (Fsp3) is 0.455. The van der Waals surface area contributed by atoms with Gasteiger partial charge in [-0.25, -0.2) is 0 Å². The predicted octanol–water partition coefficient (Wildman–Crippen LogP) is 5.61. The number of ether oxygens (including phenoxy) is 2. The molecule has 1 aliphatic rings. The quantitative estimate of drug-likeness (QED) is 0.221. The van der Waals surface area contributed by atoms with Crippen molar-refractivity contribution >= 4 is 24.1 Å². The standard InChI is InChI=1S/C33H42N4O6/c1-23(2)17-26(18-31(39)34-20-32(40)41)36(22-38)30-19-27(37(35-30)25-13-8-5-9-14-25)33-28(42-3)15-10-16-29(33)43-21-24-11-6-4-7-12-24/h4,6-7,10-12,15-16,19,22-23,25-26H,5,8-9,13-14,17-18,20-21H2,1-3H3,(H,34,39)(H,40,41)/t26-/m0/s1. The van der Waals surface area contributed by atoms with Crippen molar-refractivity contribution in [2.45, 2.75) is 77.5 Å². The van der Waals surface area contributed by atoms with Gasteiger partial charge in [-0.3, -0.25) is 24.0 Å². The van der Waals surface area contributed by atoms with Gasteiger partial charge in [0, 0.05) is 18.5 Å². The van der Waals surface area contributed by atoms with Crippen LogP contribution in [0.4, 0.5) is 5.82 Å². The van der Waals surface area contributed by atoms with E-state index in [0.717, 1.165) is 42.5 Å². The number of hydrogen-bond donors (Lipinski definition) is 2. The summed E-state index contributed by atoms with van der Waals surface area (Å²) in [6.45, 7) is 3.92. The van der Waals surface area contributed by atoms with E-state index in [4.69, 9.17) is 19.7 Å². The molecule has 1 saturated carbocycles. The van der Waals surface area contributed by atoms with Crippen molar-refractivity contribution in [3.05, 3.63) is 60.2 Å². The Kier molecular flexibility index (Phi) is 11.2. The van der Waals surface area contributed by atoms with Crippen LogP contribution in [0.25, 0.3) is 11.3 Å². The summed E-state index contributed by atoms with van der Waals surface area (Å²) in [5.41, 5.74) is 2.55. The number of rotatable bonds is 15. The van der Waals surface area contributed by atoms with Crippen molar-refractivity contribution in [2.75, 3.05) is 18.6 Å². The molecule has 10 nitrogen and oxygen atoms in total. The zero-order valence-corrected chi connectivity index (χ0v) is 25.2. The van der Waals surface area contributed by atoms with E-state index in [-0.39, 0.29) is 18.4 Å². The largest absolute Gasteiger partial charge is 0.496 e. The molecule has 1 aromatic heterocycles. The highest BCUT2D eigenvalue weighted by molar-refractivity contribution is 5.84. The lowest BCUT2D eigenvalue weighted by atomic mass is 9.95. The van der Waals surface area contributed by atoms with Gasteiger partial charge < -0.3 is 19.9 Å². The van der Waals surface area contributed by atoms with Gasteiger partial charge in [-0.15, -0.1) is 0 Å². The van der Waals surface area contributed by atoms with E-state index >= 15 is 0 Å². The van der Waals surface area contributed by atoms with Gasteiger partial charge >= 0.3 is 5.97 Å². The predicted molar refractivity (Wildman–Crippen MR) is 164 cm³/mol. The van der Waals surface area contributed by atoms with Crippen LogP contribution >= 0.6 is 0 Å². The van der Waals surface area contributed by atoms with Gasteiger partial charge in [0.05, 0.1) is 24.4 Å². The van der Waals surface area contributed by atoms with Crippen LogP contribution in [0, 0.1) is 5.92 Å². The van der Waals surface area contributed by atoms with Gasteiger partial charge in [-0.05, 0) is 42.9 Å². The third-order valence-corrected chi connectivity index (χ3v) is 7.72. The Morgan fingerprint density at radius 3 is 2.47 bits per heavy atom. The van der Waals surface area contributed by atoms with Crippen molar-refractivity contribution in [3.63, 3.8) is 0 Å². The Morgan fingerprint density at radius 2 is 1.81 bits per heavy atom. The number of aliphatic carboxylic acids is 1. The molecule has 0 saturated heterocycles. The van der Waals surface area contributed by atoms with Crippen LogP contribution in [0.15, 0.2) is 54.6 Å². The van der Waals surface area contributed by atoms with E-state index in [0.29, 0.717) is 36.8 Å². The molecule has 2 aromatic carbocycles. The molecule has 1 aliphatic carbocycles. The molecule has 4 rings (SSSR count). The first-order valence-corrected chi connectivity index (χ1v) is 15.0. The first-order chi connectivity index (χ1) is 20.8. The van der Waals surface area contributed by atoms with Gasteiger partial charge in [-0.2, -0.15) is 5.10 Å². The van der Waals surface area contributed by atoms with Crippen LogP contribution in [0.5, 0.6) is 11.5 Å². The molecule has 10 heteroatoms. The second-order valence-corrected chi connectivity index (χ2v) is 11.4. The summed E-state index contributed by atoms with van der Waals surface area (Å²) in [5, 5.41) is 16.4. The monoisotopic (exact) mass is 590 g/mol. The molecule has 1 fully saturated rings. The van der Waals surface area contributed by atoms with E-state index in [1.807, 2.05) is 73.1 Å². The maximum Gasteiger partial charge on any atom is 0.322 e. The first-order valence-electron chi connectivity index (χ1n) is 15.0. The Morgan fingerprint density at radius 1 is 1.09 bits per heavy atom. The minimum atomic E-state index is -1.13. The lowest BCUT2D eigenvalue weighted by Crippen LogP contribution is -2.41. The number of anilines is 1. The van der Waals surface area contributed by atoms with Crippen LogP contribution in [0.3, 0.4) is 0 Å². The summed E-state index contributed by atoms with van der Waals surface area (Å²) in [5.74, 6) is 0.292. The van der Waals surface area contributed by atoms with Gasteiger partial charge in [-0.1, -0.05) is 69.5 Å². The second kappa shape index (κ2) is 15.2. The zero-order valence-electron chi connectivity index (χ0n) is 25.2. The number of carboxylic acid groups (broad SMARTS) is 1. The SMILES string of the molecule is COc1cccc(OCc2ccccc2)c1-c1cc(N(C=O)[C@H](CC(=O)NCC(=O)O)CC(C)C)nn1C1CCCCC1. The Labute approximate surface area is 253 Å². The topological polar surface area (TPSA) is 123 Å². The van der Waals surface area contributed by atoms with Crippen LogP contribution in [0.2, 0.25) is 0 Å². The number of nitrogens with zero attached hydrogens (tertiary/aromatic N) is 3. The molecule has 230 valence electrons. The Balaban J connectivity index is 1.77. The lowest BCUT2D eigenvalue weighted by Gasteiger charge is -2.28. The van der Waals surface area contributed by atoms with E-state index in [1.165, 1.54) is 11.3 Å². The highest BCUT2D eigenvalue weighted by Crippen LogP contribution is 2.43. The summed E-state index contributed by atoms with van der Waals surface area (Å²) >= 11 is 0. The van der Waals surface area contributed by atoms with Gasteiger partial charge in [0.1, 0.15) is 24.7 Å². The number of benzene rings is 2. The van der Waals surface area contributed by atoms with Crippen LogP contribution in [-0.4, -0.2) is 52.9 Å². The number of aromatic nitrogens is 2. The van der Waals surface area contributed by atoms with Crippen molar-refractivity contribution in [2.24, 2.45) is 5.92 Å². The average Bonchev–Trinajstić information content (AvgIpc) is 3.44. The third kappa shape index (κ3) is 8.37. The maximum atomic E-state index is 12.7. The van der Waals surface area contributed by atoms with Crippen LogP contribution < -0.4 is 19.7 Å². The minimum absolute atomic E-state index is 0.0457. The number of carbonyl (C=O) groups is 3. The maximum absolute atomic E-state index is 12.7. The molecule has 3 aromatic rings. The summed E-state index contributed by atoms with van der Waals surface area (Å²) in [7, 11) is 1.62. The third-order valence-electron chi connectivity index (χ3n) is 7.72. The van der Waals surface area contributed by atoms with E-state index in [9.17, 15) is 14.4 Å². The summed E-state index contributed by atoms with van der Waals surface area (Å²) < 4.78 is 14.2. The molecular formula is C33H42N4O6. The van der Waals surface area contributed by atoms with Crippen LogP contribution in [-0.2, 0) is 21.0 Å². The molecule has 0 unspecified atom stereocenters. The highest BCUT2D eigenvalue weighted by atomic mass is 16.5. The molecule has 43 heavy (non-hydrogen) atoms. The molecular weight excluding hydrogens is 548 g/mol. The summed E-state index contributed by atoms with van der Waals surface area (Å²) in [6.07, 6.45) is 6.45. The number of methoxy groups -OCH3 is 1. The normalized spacial score (nSPS) is 14.2. The van der Waals surface area contributed by atoms with Gasteiger partial charge in [0.15, 0.2) is 5.82 Å². The Hall–Kier alpha value is -4.34. The number of hydrogen-bond acceptors (Lipinski definition) is 6. The number of amides is 2. The number of carbonyl (C=O) groups excluding carboxylic acids is 2. The molecule has 1 heterocycles. The molecule has 1 atom stereocenters. The lowest BCUT2D eigenvalue weighted by molar-refractivity contribution is -0.138. The molecule has 0 bridgehead atoms. The molecule has 0 radical (unpaired) electrons. The molecule has 0 aliphatic heterocycles. The number of carboxylic acids is 1. The average molecular weight is 591 g/mol. The van der Waals surface area contributed by atoms with Crippen molar-refractivity contribution in [1.29, 1.82) is 0 Å². The minimum Gasteiger partial charge on any atom is -0.496 e. The van der Waals surface area contributed by atoms with Gasteiger partial charge in [0.2, 0.25) is 12.3 Å². The van der Waals surface area contributed by atoms with E-state index in [1.54, 1.807) is 7.11 Å². The highest BCUT2D eigenvalue weighted by Gasteiger charge is 2.30. The van der Waals surface area contributed by atoms with E-state index < -0.39 is 24.5 Å². The van der Waals surface area contributed by atoms with Gasteiger partial charge in [0.25, 0.3) is 0 Å². The Bertz CT molecular complexity index is 1370. The first kappa shape index (κ1) is 31.6. The van der Waals surface area contributed by atoms with Crippen molar-refractivity contribution in [1.82, 2.24) is 15.1 Å². The summed E-state index contributed by atoms with van der Waals surface area (Å²) in [6, 6.07) is 17.1. The van der Waals surface area contributed by atoms with Crippen molar-refractivity contribution < 1.29 is 29.0 Å². The summed E-state index contributed by atoms with van der Waals surface area (Å²) in [4.78, 5) is 37.8. The molecule has 0 spiro atoms. The van der Waals surface area contributed by atoms with E-state index in [2.05, 4.69) is 5.32 Å². The molecule has 2 N–H and O–H groups in total. The fourth-order valence-electron chi connectivity index (χ4n) is 5.71. The van der Waals surface area contributed by atoms with Crippen molar-refractivity contribution in [3.8, 4) is 22.8 Å². The second-order valence-electron chi connectivity index (χ2n) is 11.4. The zero-order chi connectivity index (χ0) is 30.8. The smallest absolute Gasteiger partial charge is 0.322 e. The van der Waals surface area contributed by atoms with Crippen LogP contribution in [0.1, 0.15) is 70.4 Å². The number of nitrogens with one attached hydrogen (secondary N) is 1. The fourth-order valence-corrected chi connectivity index (χ4v) is 5.71.